The van der Waals surface area contributed by atoms with Crippen LogP contribution in [0.3, 0.4) is 0 Å². The molecule has 0 aliphatic heterocycles. The van der Waals surface area contributed by atoms with E-state index in [1.54, 1.807) is 0 Å². The van der Waals surface area contributed by atoms with Crippen LogP contribution < -0.4 is 5.32 Å². The fraction of sp³-hybridized carbons (Fsp3) is 0.462. The van der Waals surface area contributed by atoms with Gasteiger partial charge in [0.2, 0.25) is 5.91 Å². The van der Waals surface area contributed by atoms with E-state index in [2.05, 4.69) is 5.32 Å². The molecule has 1 aliphatic rings. The molecule has 0 bridgehead atoms. The Bertz CT molecular complexity index is 387. The predicted octanol–water partition coefficient (Wildman–Crippen LogP) is 2.05. The minimum Gasteiger partial charge on any atom is -0.342 e. The SMILES string of the molecule is CN(C(=O)CNCc1ccc(Cl)cc1)C1CC1. The molecule has 3 nitrogen and oxygen atoms in total. The normalized spacial score (nSPS) is 14.7. The van der Waals surface area contributed by atoms with Crippen LogP contribution in [0.5, 0.6) is 0 Å². The summed E-state index contributed by atoms with van der Waals surface area (Å²) in [4.78, 5) is 13.6. The standard InChI is InChI=1S/C13H17ClN2O/c1-16(12-6-7-12)13(17)9-15-8-10-2-4-11(14)5-3-10/h2-5,12,15H,6-9H2,1H3. The molecule has 1 N–H and O–H groups in total. The molecule has 0 spiro atoms. The zero-order valence-electron chi connectivity index (χ0n) is 9.95. The second-order valence-corrected chi connectivity index (χ2v) is 4.90. The van der Waals surface area contributed by atoms with E-state index < -0.39 is 0 Å². The van der Waals surface area contributed by atoms with Crippen molar-refractivity contribution in [3.05, 3.63) is 34.9 Å². The first-order chi connectivity index (χ1) is 8.16. The number of nitrogens with one attached hydrogen (secondary N) is 1. The van der Waals surface area contributed by atoms with Crippen LogP contribution in [-0.4, -0.2) is 30.4 Å². The van der Waals surface area contributed by atoms with Gasteiger partial charge in [0.25, 0.3) is 0 Å². The molecule has 1 aromatic rings. The average Bonchev–Trinajstić information content (AvgIpc) is 3.14. The molecule has 1 fully saturated rings. The summed E-state index contributed by atoms with van der Waals surface area (Å²) in [6.07, 6.45) is 2.30. The summed E-state index contributed by atoms with van der Waals surface area (Å²) in [6.45, 7) is 1.09. The van der Waals surface area contributed by atoms with E-state index in [1.807, 2.05) is 36.2 Å². The molecule has 92 valence electrons. The highest BCUT2D eigenvalue weighted by molar-refractivity contribution is 6.30. The van der Waals surface area contributed by atoms with Gasteiger partial charge in [0.05, 0.1) is 6.54 Å². The predicted molar refractivity (Wildman–Crippen MR) is 69.0 cm³/mol. The quantitative estimate of drug-likeness (QED) is 0.870. The molecular weight excluding hydrogens is 236 g/mol. The molecule has 17 heavy (non-hydrogen) atoms. The van der Waals surface area contributed by atoms with Crippen molar-refractivity contribution in [3.63, 3.8) is 0 Å². The fourth-order valence-corrected chi connectivity index (χ4v) is 1.83. The summed E-state index contributed by atoms with van der Waals surface area (Å²) in [5, 5.41) is 3.88. The summed E-state index contributed by atoms with van der Waals surface area (Å²) in [5.74, 6) is 0.168. The molecule has 1 amide bonds. The zero-order chi connectivity index (χ0) is 12.3. The van der Waals surface area contributed by atoms with E-state index in [4.69, 9.17) is 11.6 Å². The number of carbonyl (C=O) groups excluding carboxylic acids is 1. The van der Waals surface area contributed by atoms with Crippen molar-refractivity contribution in [1.82, 2.24) is 10.2 Å². The van der Waals surface area contributed by atoms with Crippen molar-refractivity contribution < 1.29 is 4.79 Å². The van der Waals surface area contributed by atoms with Crippen LogP contribution in [0.2, 0.25) is 5.02 Å². The maximum absolute atomic E-state index is 11.7. The Hall–Kier alpha value is -1.06. The van der Waals surface area contributed by atoms with E-state index in [1.165, 1.54) is 0 Å². The van der Waals surface area contributed by atoms with Gasteiger partial charge >= 0.3 is 0 Å². The number of likely N-dealkylation sites (N-methyl/N-ethyl adjacent to an activating group) is 1. The summed E-state index contributed by atoms with van der Waals surface area (Å²) in [5.41, 5.74) is 1.14. The summed E-state index contributed by atoms with van der Waals surface area (Å²) in [7, 11) is 1.88. The van der Waals surface area contributed by atoms with Gasteiger partial charge in [0, 0.05) is 24.7 Å². The Labute approximate surface area is 107 Å². The lowest BCUT2D eigenvalue weighted by Crippen LogP contribution is -2.36. The number of nitrogens with zero attached hydrogens (tertiary/aromatic N) is 1. The van der Waals surface area contributed by atoms with E-state index >= 15 is 0 Å². The van der Waals surface area contributed by atoms with Crippen LogP contribution in [0.1, 0.15) is 18.4 Å². The van der Waals surface area contributed by atoms with E-state index in [-0.39, 0.29) is 5.91 Å². The molecule has 4 heteroatoms. The number of hydrogen-bond donors (Lipinski definition) is 1. The maximum atomic E-state index is 11.7. The van der Waals surface area contributed by atoms with Crippen LogP contribution in [-0.2, 0) is 11.3 Å². The molecule has 1 aromatic carbocycles. The first-order valence-electron chi connectivity index (χ1n) is 5.87. The second kappa shape index (κ2) is 5.52. The second-order valence-electron chi connectivity index (χ2n) is 4.47. The minimum atomic E-state index is 0.168. The molecule has 0 radical (unpaired) electrons. The van der Waals surface area contributed by atoms with Crippen molar-refractivity contribution >= 4 is 17.5 Å². The number of rotatable bonds is 5. The van der Waals surface area contributed by atoms with Gasteiger partial charge in [-0.15, -0.1) is 0 Å². The van der Waals surface area contributed by atoms with Crippen LogP contribution in [0.25, 0.3) is 0 Å². The Morgan fingerprint density at radius 3 is 2.65 bits per heavy atom. The lowest BCUT2D eigenvalue weighted by Gasteiger charge is -2.16. The van der Waals surface area contributed by atoms with E-state index in [9.17, 15) is 4.79 Å². The summed E-state index contributed by atoms with van der Waals surface area (Å²) in [6, 6.07) is 8.13. The molecule has 0 saturated heterocycles. The minimum absolute atomic E-state index is 0.168. The smallest absolute Gasteiger partial charge is 0.236 e. The first kappa shape index (κ1) is 12.4. The topological polar surface area (TPSA) is 32.3 Å². The number of amides is 1. The highest BCUT2D eigenvalue weighted by Gasteiger charge is 2.28. The first-order valence-corrected chi connectivity index (χ1v) is 6.25. The van der Waals surface area contributed by atoms with Crippen molar-refractivity contribution in [2.45, 2.75) is 25.4 Å². The van der Waals surface area contributed by atoms with Gasteiger partial charge in [-0.2, -0.15) is 0 Å². The Morgan fingerprint density at radius 1 is 1.41 bits per heavy atom. The lowest BCUT2D eigenvalue weighted by atomic mass is 10.2. The Kier molecular flexibility index (Phi) is 4.02. The molecule has 0 atom stereocenters. The molecule has 0 heterocycles. The molecule has 0 aromatic heterocycles. The van der Waals surface area contributed by atoms with Gasteiger partial charge < -0.3 is 10.2 Å². The molecule has 0 unspecified atom stereocenters. The van der Waals surface area contributed by atoms with Gasteiger partial charge in [0.15, 0.2) is 0 Å². The van der Waals surface area contributed by atoms with Crippen molar-refractivity contribution in [1.29, 1.82) is 0 Å². The number of benzene rings is 1. The fourth-order valence-electron chi connectivity index (χ4n) is 1.71. The largest absolute Gasteiger partial charge is 0.342 e. The van der Waals surface area contributed by atoms with Crippen LogP contribution in [0.4, 0.5) is 0 Å². The van der Waals surface area contributed by atoms with E-state index in [0.29, 0.717) is 19.1 Å². The third-order valence-corrected chi connectivity index (χ3v) is 3.26. The average molecular weight is 253 g/mol. The molecule has 1 aliphatic carbocycles. The maximum Gasteiger partial charge on any atom is 0.236 e. The molecule has 2 rings (SSSR count). The van der Waals surface area contributed by atoms with Gasteiger partial charge in [-0.1, -0.05) is 23.7 Å². The third-order valence-electron chi connectivity index (χ3n) is 3.01. The Morgan fingerprint density at radius 2 is 2.06 bits per heavy atom. The highest BCUT2D eigenvalue weighted by Crippen LogP contribution is 2.25. The van der Waals surface area contributed by atoms with Crippen molar-refractivity contribution in [3.8, 4) is 0 Å². The van der Waals surface area contributed by atoms with Gasteiger partial charge in [-0.25, -0.2) is 0 Å². The van der Waals surface area contributed by atoms with Crippen LogP contribution >= 0.6 is 11.6 Å². The number of halogens is 1. The molecule has 1 saturated carbocycles. The number of hydrogen-bond acceptors (Lipinski definition) is 2. The lowest BCUT2D eigenvalue weighted by molar-refractivity contribution is -0.129. The number of carbonyl (C=O) groups is 1. The van der Waals surface area contributed by atoms with Crippen LogP contribution in [0, 0.1) is 0 Å². The van der Waals surface area contributed by atoms with Gasteiger partial charge in [0.1, 0.15) is 0 Å². The van der Waals surface area contributed by atoms with Gasteiger partial charge in [-0.3, -0.25) is 4.79 Å². The van der Waals surface area contributed by atoms with Crippen molar-refractivity contribution in [2.75, 3.05) is 13.6 Å². The Balaban J connectivity index is 1.71. The van der Waals surface area contributed by atoms with Crippen molar-refractivity contribution in [2.24, 2.45) is 0 Å². The van der Waals surface area contributed by atoms with Crippen LogP contribution in [0.15, 0.2) is 24.3 Å². The molecular formula is C13H17ClN2O. The third kappa shape index (κ3) is 3.72. The van der Waals surface area contributed by atoms with Gasteiger partial charge in [-0.05, 0) is 30.5 Å². The summed E-state index contributed by atoms with van der Waals surface area (Å²) < 4.78 is 0. The summed E-state index contributed by atoms with van der Waals surface area (Å²) >= 11 is 5.80. The zero-order valence-corrected chi connectivity index (χ0v) is 10.7. The monoisotopic (exact) mass is 252 g/mol. The van der Waals surface area contributed by atoms with E-state index in [0.717, 1.165) is 23.4 Å². The highest BCUT2D eigenvalue weighted by atomic mass is 35.5.